The van der Waals surface area contributed by atoms with Crippen molar-refractivity contribution < 1.29 is 31.1 Å². The molecule has 34 heavy (non-hydrogen) atoms. The lowest BCUT2D eigenvalue weighted by Gasteiger charge is -2.28. The van der Waals surface area contributed by atoms with Crippen molar-refractivity contribution in [3.63, 3.8) is 0 Å². The van der Waals surface area contributed by atoms with Crippen LogP contribution in [-0.2, 0) is 29.0 Å². The van der Waals surface area contributed by atoms with Crippen molar-refractivity contribution in [1.29, 1.82) is 0 Å². The number of aromatic amines is 1. The second-order valence-corrected chi connectivity index (χ2v) is 9.97. The van der Waals surface area contributed by atoms with Crippen LogP contribution < -0.4 is 4.74 Å². The second kappa shape index (κ2) is 9.13. The van der Waals surface area contributed by atoms with Gasteiger partial charge >= 0.3 is 6.18 Å². The monoisotopic (exact) mass is 493 g/mol. The standard InChI is InChI=1S/C23H22F3N3O4S/c1-2-11-34(31,32)22-27-13-20(28-22)21(30)29-10-9-15-12-19(6-3-16(15)14-29)33-18-7-4-17(5-8-18)23(24,25)26/h3-8,12-13H,2,9-11,14H2,1H3,(H,27,28). The molecule has 0 fully saturated rings. The number of amides is 1. The molecule has 2 heterocycles. The van der Waals surface area contributed by atoms with Crippen LogP contribution in [0, 0.1) is 0 Å². The zero-order chi connectivity index (χ0) is 24.5. The Balaban J connectivity index is 1.44. The summed E-state index contributed by atoms with van der Waals surface area (Å²) < 4.78 is 68.1. The lowest BCUT2D eigenvalue weighted by molar-refractivity contribution is -0.137. The van der Waals surface area contributed by atoms with Gasteiger partial charge in [-0.15, -0.1) is 0 Å². The van der Waals surface area contributed by atoms with Gasteiger partial charge in [-0.25, -0.2) is 13.4 Å². The van der Waals surface area contributed by atoms with E-state index in [4.69, 9.17) is 4.74 Å². The molecule has 1 amide bonds. The first kappa shape index (κ1) is 23.8. The lowest BCUT2D eigenvalue weighted by Crippen LogP contribution is -2.36. The van der Waals surface area contributed by atoms with Crippen LogP contribution in [0.4, 0.5) is 13.2 Å². The van der Waals surface area contributed by atoms with E-state index in [0.717, 1.165) is 23.3 Å². The minimum Gasteiger partial charge on any atom is -0.457 e. The van der Waals surface area contributed by atoms with Crippen molar-refractivity contribution in [2.45, 2.75) is 37.6 Å². The molecule has 2 aromatic carbocycles. The number of aromatic nitrogens is 2. The van der Waals surface area contributed by atoms with Crippen molar-refractivity contribution in [2.24, 2.45) is 0 Å². The number of carbonyl (C=O) groups is 1. The summed E-state index contributed by atoms with van der Waals surface area (Å²) in [6, 6.07) is 9.75. The fourth-order valence-electron chi connectivity index (χ4n) is 3.71. The number of fused-ring (bicyclic) bond motifs is 1. The molecule has 0 radical (unpaired) electrons. The molecule has 1 aliphatic heterocycles. The van der Waals surface area contributed by atoms with Crippen LogP contribution in [-0.4, -0.2) is 41.5 Å². The van der Waals surface area contributed by atoms with Crippen LogP contribution in [0.5, 0.6) is 11.5 Å². The maximum absolute atomic E-state index is 12.9. The Bertz CT molecular complexity index is 1300. The van der Waals surface area contributed by atoms with Crippen LogP contribution in [0.3, 0.4) is 0 Å². The summed E-state index contributed by atoms with van der Waals surface area (Å²) in [6.07, 6.45) is -2.12. The number of ether oxygens (including phenoxy) is 1. The smallest absolute Gasteiger partial charge is 0.416 e. The number of H-pyrrole nitrogens is 1. The van der Waals surface area contributed by atoms with Gasteiger partial charge < -0.3 is 14.6 Å². The van der Waals surface area contributed by atoms with E-state index >= 15 is 0 Å². The molecule has 0 saturated heterocycles. The molecule has 0 spiro atoms. The minimum atomic E-state index is -4.41. The summed E-state index contributed by atoms with van der Waals surface area (Å²) in [5.74, 6) is 0.344. The maximum atomic E-state index is 12.9. The Morgan fingerprint density at radius 1 is 1.12 bits per heavy atom. The number of imidazole rings is 1. The highest BCUT2D eigenvalue weighted by Crippen LogP contribution is 2.32. The van der Waals surface area contributed by atoms with Crippen LogP contribution in [0.15, 0.2) is 53.8 Å². The molecule has 1 aliphatic rings. The van der Waals surface area contributed by atoms with Crippen LogP contribution in [0.2, 0.25) is 0 Å². The van der Waals surface area contributed by atoms with Crippen molar-refractivity contribution >= 4 is 15.7 Å². The van der Waals surface area contributed by atoms with Gasteiger partial charge in [-0.2, -0.15) is 13.2 Å². The molecular formula is C23H22F3N3O4S. The van der Waals surface area contributed by atoms with Gasteiger partial charge in [0.25, 0.3) is 5.91 Å². The van der Waals surface area contributed by atoms with E-state index in [1.54, 1.807) is 30.0 Å². The SMILES string of the molecule is CCCS(=O)(=O)c1nc(C(=O)N2CCc3cc(Oc4ccc(C(F)(F)F)cc4)ccc3C2)c[nH]1. The first-order valence-corrected chi connectivity index (χ1v) is 12.3. The highest BCUT2D eigenvalue weighted by Gasteiger charge is 2.30. The first-order chi connectivity index (χ1) is 16.1. The summed E-state index contributed by atoms with van der Waals surface area (Å²) in [6.45, 7) is 2.47. The molecule has 3 aromatic rings. The molecule has 1 N–H and O–H groups in total. The molecule has 11 heteroatoms. The van der Waals surface area contributed by atoms with Gasteiger partial charge in [0.15, 0.2) is 0 Å². The Kier molecular flexibility index (Phi) is 6.39. The first-order valence-electron chi connectivity index (χ1n) is 10.6. The van der Waals surface area contributed by atoms with E-state index in [1.807, 2.05) is 0 Å². The average Bonchev–Trinajstić information content (AvgIpc) is 3.29. The lowest BCUT2D eigenvalue weighted by atomic mass is 9.99. The topological polar surface area (TPSA) is 92.4 Å². The molecule has 7 nitrogen and oxygen atoms in total. The molecular weight excluding hydrogens is 471 g/mol. The van der Waals surface area contributed by atoms with Gasteiger partial charge in [0.2, 0.25) is 15.0 Å². The van der Waals surface area contributed by atoms with Crippen LogP contribution >= 0.6 is 0 Å². The maximum Gasteiger partial charge on any atom is 0.416 e. The van der Waals surface area contributed by atoms with Gasteiger partial charge in [-0.3, -0.25) is 4.79 Å². The van der Waals surface area contributed by atoms with E-state index in [1.165, 1.54) is 18.3 Å². The van der Waals surface area contributed by atoms with Gasteiger partial charge in [0.1, 0.15) is 17.2 Å². The number of nitrogens with one attached hydrogen (secondary N) is 1. The molecule has 4 rings (SSSR count). The Hall–Kier alpha value is -3.34. The van der Waals surface area contributed by atoms with Gasteiger partial charge in [0, 0.05) is 19.3 Å². The zero-order valence-electron chi connectivity index (χ0n) is 18.2. The summed E-state index contributed by atoms with van der Waals surface area (Å²) >= 11 is 0. The normalized spacial score (nSPS) is 14.1. The Labute approximate surface area is 194 Å². The zero-order valence-corrected chi connectivity index (χ0v) is 19.0. The largest absolute Gasteiger partial charge is 0.457 e. The molecule has 0 aliphatic carbocycles. The van der Waals surface area contributed by atoms with Gasteiger partial charge in [-0.1, -0.05) is 13.0 Å². The summed E-state index contributed by atoms with van der Waals surface area (Å²) in [4.78, 5) is 21.0. The predicted octanol–water partition coefficient (Wildman–Crippen LogP) is 4.60. The van der Waals surface area contributed by atoms with E-state index in [9.17, 15) is 26.4 Å². The number of hydrogen-bond donors (Lipinski definition) is 1. The van der Waals surface area contributed by atoms with Gasteiger partial charge in [-0.05, 0) is 60.4 Å². The fraction of sp³-hybridized carbons (Fsp3) is 0.304. The van der Waals surface area contributed by atoms with E-state index < -0.39 is 21.6 Å². The molecule has 0 atom stereocenters. The van der Waals surface area contributed by atoms with E-state index in [-0.39, 0.29) is 28.3 Å². The third-order valence-electron chi connectivity index (χ3n) is 5.44. The van der Waals surface area contributed by atoms with Crippen molar-refractivity contribution in [1.82, 2.24) is 14.9 Å². The Morgan fingerprint density at radius 3 is 2.50 bits per heavy atom. The van der Waals surface area contributed by atoms with Gasteiger partial charge in [0.05, 0.1) is 11.3 Å². The number of carbonyl (C=O) groups excluding carboxylic acids is 1. The van der Waals surface area contributed by atoms with E-state index in [2.05, 4.69) is 9.97 Å². The number of sulfone groups is 1. The second-order valence-electron chi connectivity index (χ2n) is 7.94. The number of benzene rings is 2. The van der Waals surface area contributed by atoms with Crippen molar-refractivity contribution in [3.05, 3.63) is 71.0 Å². The molecule has 1 aromatic heterocycles. The highest BCUT2D eigenvalue weighted by molar-refractivity contribution is 7.91. The molecule has 0 saturated carbocycles. The predicted molar refractivity (Wildman–Crippen MR) is 117 cm³/mol. The number of alkyl halides is 3. The highest BCUT2D eigenvalue weighted by atomic mass is 32.2. The van der Waals surface area contributed by atoms with Crippen molar-refractivity contribution in [2.75, 3.05) is 12.3 Å². The summed E-state index contributed by atoms with van der Waals surface area (Å²) in [5, 5.41) is -0.208. The molecule has 180 valence electrons. The number of rotatable bonds is 6. The molecule has 0 unspecified atom stereocenters. The number of nitrogens with zero attached hydrogens (tertiary/aromatic N) is 2. The number of halogens is 3. The Morgan fingerprint density at radius 2 is 1.82 bits per heavy atom. The van der Waals surface area contributed by atoms with Crippen molar-refractivity contribution in [3.8, 4) is 11.5 Å². The van der Waals surface area contributed by atoms with Crippen LogP contribution in [0.25, 0.3) is 0 Å². The summed E-state index contributed by atoms with van der Waals surface area (Å²) in [5.41, 5.74) is 1.15. The average molecular weight is 494 g/mol. The quantitative estimate of drug-likeness (QED) is 0.542. The van der Waals surface area contributed by atoms with E-state index in [0.29, 0.717) is 31.7 Å². The molecule has 0 bridgehead atoms. The number of hydrogen-bond acceptors (Lipinski definition) is 5. The summed E-state index contributed by atoms with van der Waals surface area (Å²) in [7, 11) is -3.55. The van der Waals surface area contributed by atoms with Crippen LogP contribution in [0.1, 0.15) is 40.5 Å². The fourth-order valence-corrected chi connectivity index (χ4v) is 4.92. The third-order valence-corrected chi connectivity index (χ3v) is 7.18. The third kappa shape index (κ3) is 5.09. The minimum absolute atomic E-state index is 0.0420.